The fourth-order valence-corrected chi connectivity index (χ4v) is 2.81. The Balaban J connectivity index is 1.99. The van der Waals surface area contributed by atoms with Gasteiger partial charge in [0.25, 0.3) is 0 Å². The number of halogens is 1. The Hall–Kier alpha value is -1.42. The maximum Gasteiger partial charge on any atom is 0.319 e. The minimum atomic E-state index is -0.204. The fraction of sp³-hybridized carbons (Fsp3) is 0.533. The van der Waals surface area contributed by atoms with E-state index in [9.17, 15) is 4.79 Å². The molecule has 2 rings (SSSR count). The van der Waals surface area contributed by atoms with Crippen molar-refractivity contribution in [3.63, 3.8) is 0 Å². The van der Waals surface area contributed by atoms with Gasteiger partial charge in [-0.3, -0.25) is 0 Å². The zero-order valence-electron chi connectivity index (χ0n) is 11.9. The molecule has 20 heavy (non-hydrogen) atoms. The molecule has 0 aromatic heterocycles. The van der Waals surface area contributed by atoms with Crippen LogP contribution in [0.15, 0.2) is 18.2 Å². The van der Waals surface area contributed by atoms with Crippen LogP contribution in [-0.4, -0.2) is 19.2 Å². The highest BCUT2D eigenvalue weighted by Gasteiger charge is 2.23. The molecule has 2 amide bonds. The molecule has 0 spiro atoms. The second-order valence-corrected chi connectivity index (χ2v) is 5.75. The monoisotopic (exact) mass is 296 g/mol. The number of benzene rings is 1. The minimum Gasteiger partial charge on any atom is -0.495 e. The molecular formula is C15H21ClN2O2. The molecule has 1 aliphatic carbocycles. The van der Waals surface area contributed by atoms with E-state index >= 15 is 0 Å². The summed E-state index contributed by atoms with van der Waals surface area (Å²) in [7, 11) is 1.57. The Bertz CT molecular complexity index is 479. The van der Waals surface area contributed by atoms with Gasteiger partial charge in [-0.25, -0.2) is 4.79 Å². The molecule has 1 aromatic rings. The van der Waals surface area contributed by atoms with Crippen LogP contribution < -0.4 is 15.4 Å². The van der Waals surface area contributed by atoms with E-state index in [1.54, 1.807) is 25.3 Å². The first-order chi connectivity index (χ1) is 9.60. The molecule has 2 atom stereocenters. The number of carbonyl (C=O) groups is 1. The highest BCUT2D eigenvalue weighted by molar-refractivity contribution is 6.31. The van der Waals surface area contributed by atoms with Gasteiger partial charge >= 0.3 is 6.03 Å². The van der Waals surface area contributed by atoms with Gasteiger partial charge in [-0.1, -0.05) is 31.4 Å². The number of carbonyl (C=O) groups excluding carboxylic acids is 1. The van der Waals surface area contributed by atoms with Crippen molar-refractivity contribution in [2.24, 2.45) is 5.92 Å². The van der Waals surface area contributed by atoms with Crippen LogP contribution in [0.3, 0.4) is 0 Å². The number of hydrogen-bond donors (Lipinski definition) is 2. The van der Waals surface area contributed by atoms with Gasteiger partial charge in [0.15, 0.2) is 0 Å². The fourth-order valence-electron chi connectivity index (χ4n) is 2.64. The highest BCUT2D eigenvalue weighted by atomic mass is 35.5. The van der Waals surface area contributed by atoms with Crippen molar-refractivity contribution in [1.82, 2.24) is 5.32 Å². The summed E-state index contributed by atoms with van der Waals surface area (Å²) < 4.78 is 5.21. The molecule has 0 unspecified atom stereocenters. The highest BCUT2D eigenvalue weighted by Crippen LogP contribution is 2.28. The molecule has 0 radical (unpaired) electrons. The average molecular weight is 297 g/mol. The Morgan fingerprint density at radius 3 is 2.80 bits per heavy atom. The maximum absolute atomic E-state index is 12.1. The Morgan fingerprint density at radius 2 is 2.10 bits per heavy atom. The molecule has 1 saturated carbocycles. The van der Waals surface area contributed by atoms with Crippen LogP contribution in [0.25, 0.3) is 0 Å². The Labute approximate surface area is 124 Å². The molecule has 1 aliphatic rings. The summed E-state index contributed by atoms with van der Waals surface area (Å²) in [4.78, 5) is 12.1. The van der Waals surface area contributed by atoms with E-state index in [4.69, 9.17) is 16.3 Å². The molecule has 1 aromatic carbocycles. The molecule has 5 heteroatoms. The smallest absolute Gasteiger partial charge is 0.319 e. The molecule has 0 heterocycles. The maximum atomic E-state index is 12.1. The molecule has 4 nitrogen and oxygen atoms in total. The standard InChI is InChI=1S/C15H21ClN2O2/c1-10-5-3-4-6-12(10)17-15(19)18-13-9-11(16)7-8-14(13)20-2/h7-10,12H,3-6H2,1-2H3,(H2,17,18,19)/t10-,12+/m1/s1. The van der Waals surface area contributed by atoms with Crippen LogP contribution in [0.5, 0.6) is 5.75 Å². The van der Waals surface area contributed by atoms with Gasteiger partial charge in [-0.05, 0) is 37.0 Å². The molecule has 1 fully saturated rings. The predicted molar refractivity (Wildman–Crippen MR) is 81.6 cm³/mol. The van der Waals surface area contributed by atoms with Gasteiger partial charge < -0.3 is 15.4 Å². The third-order valence-corrected chi connectivity index (χ3v) is 4.07. The van der Waals surface area contributed by atoms with Crippen LogP contribution >= 0.6 is 11.6 Å². The molecule has 0 bridgehead atoms. The largest absolute Gasteiger partial charge is 0.495 e. The predicted octanol–water partition coefficient (Wildman–Crippen LogP) is 4.05. The number of ether oxygens (including phenoxy) is 1. The van der Waals surface area contributed by atoms with Crippen molar-refractivity contribution in [3.05, 3.63) is 23.2 Å². The lowest BCUT2D eigenvalue weighted by atomic mass is 9.86. The third-order valence-electron chi connectivity index (χ3n) is 3.84. The van der Waals surface area contributed by atoms with E-state index in [0.717, 1.165) is 6.42 Å². The second-order valence-electron chi connectivity index (χ2n) is 5.31. The lowest BCUT2D eigenvalue weighted by Gasteiger charge is -2.29. The molecule has 110 valence electrons. The average Bonchev–Trinajstić information content (AvgIpc) is 2.41. The van der Waals surface area contributed by atoms with Crippen molar-refractivity contribution in [2.45, 2.75) is 38.6 Å². The zero-order chi connectivity index (χ0) is 14.5. The molecule has 2 N–H and O–H groups in total. The molecule has 0 saturated heterocycles. The summed E-state index contributed by atoms with van der Waals surface area (Å²) in [6, 6.07) is 5.19. The van der Waals surface area contributed by atoms with E-state index in [2.05, 4.69) is 17.6 Å². The lowest BCUT2D eigenvalue weighted by molar-refractivity contribution is 0.232. The summed E-state index contributed by atoms with van der Waals surface area (Å²) in [5.41, 5.74) is 0.584. The number of amides is 2. The number of rotatable bonds is 3. The number of methoxy groups -OCH3 is 1. The van der Waals surface area contributed by atoms with Gasteiger partial charge in [0, 0.05) is 11.1 Å². The van der Waals surface area contributed by atoms with Crippen LogP contribution in [0.1, 0.15) is 32.6 Å². The minimum absolute atomic E-state index is 0.204. The topological polar surface area (TPSA) is 50.4 Å². The van der Waals surface area contributed by atoms with Crippen molar-refractivity contribution < 1.29 is 9.53 Å². The van der Waals surface area contributed by atoms with Crippen molar-refractivity contribution in [3.8, 4) is 5.75 Å². The van der Waals surface area contributed by atoms with Crippen LogP contribution in [0, 0.1) is 5.92 Å². The van der Waals surface area contributed by atoms with Crippen molar-refractivity contribution in [2.75, 3.05) is 12.4 Å². The van der Waals surface area contributed by atoms with E-state index in [1.807, 2.05) is 0 Å². The SMILES string of the molecule is COc1ccc(Cl)cc1NC(=O)N[C@H]1CCCC[C@H]1C. The van der Waals surface area contributed by atoms with Crippen LogP contribution in [-0.2, 0) is 0 Å². The number of anilines is 1. The van der Waals surface area contributed by atoms with Crippen molar-refractivity contribution in [1.29, 1.82) is 0 Å². The van der Waals surface area contributed by atoms with Gasteiger partial charge in [0.1, 0.15) is 5.75 Å². The summed E-state index contributed by atoms with van der Waals surface area (Å²) >= 11 is 5.95. The first-order valence-electron chi connectivity index (χ1n) is 7.01. The first kappa shape index (κ1) is 15.0. The van der Waals surface area contributed by atoms with E-state index in [1.165, 1.54) is 19.3 Å². The second kappa shape index (κ2) is 6.84. The summed E-state index contributed by atoms with van der Waals surface area (Å²) in [6.45, 7) is 2.18. The molecular weight excluding hydrogens is 276 g/mol. The van der Waals surface area contributed by atoms with Gasteiger partial charge in [-0.2, -0.15) is 0 Å². The normalized spacial score (nSPS) is 22.1. The zero-order valence-corrected chi connectivity index (χ0v) is 12.7. The van der Waals surface area contributed by atoms with E-state index < -0.39 is 0 Å². The van der Waals surface area contributed by atoms with Crippen molar-refractivity contribution >= 4 is 23.3 Å². The summed E-state index contributed by atoms with van der Waals surface area (Å²) in [5.74, 6) is 1.12. The number of hydrogen-bond acceptors (Lipinski definition) is 2. The van der Waals surface area contributed by atoms with Crippen LogP contribution in [0.2, 0.25) is 5.02 Å². The Morgan fingerprint density at radius 1 is 1.35 bits per heavy atom. The Kier molecular flexibility index (Phi) is 5.12. The summed E-state index contributed by atoms with van der Waals surface area (Å²) in [5, 5.41) is 6.41. The van der Waals surface area contributed by atoms with Crippen LogP contribution in [0.4, 0.5) is 10.5 Å². The third kappa shape index (κ3) is 3.79. The number of nitrogens with one attached hydrogen (secondary N) is 2. The van der Waals surface area contributed by atoms with Gasteiger partial charge in [-0.15, -0.1) is 0 Å². The van der Waals surface area contributed by atoms with E-state index in [0.29, 0.717) is 22.4 Å². The molecule has 0 aliphatic heterocycles. The lowest BCUT2D eigenvalue weighted by Crippen LogP contribution is -2.43. The van der Waals surface area contributed by atoms with E-state index in [-0.39, 0.29) is 12.1 Å². The quantitative estimate of drug-likeness (QED) is 0.884. The first-order valence-corrected chi connectivity index (χ1v) is 7.39. The summed E-state index contributed by atoms with van der Waals surface area (Å²) in [6.07, 6.45) is 4.64. The van der Waals surface area contributed by atoms with Gasteiger partial charge in [0.2, 0.25) is 0 Å². The number of urea groups is 1. The van der Waals surface area contributed by atoms with Gasteiger partial charge in [0.05, 0.1) is 12.8 Å².